The lowest BCUT2D eigenvalue weighted by Gasteiger charge is -2.18. The van der Waals surface area contributed by atoms with Crippen LogP contribution in [0.15, 0.2) is 4.47 Å². The molecule has 0 aliphatic rings. The second kappa shape index (κ2) is 6.18. The van der Waals surface area contributed by atoms with Crippen LogP contribution in [0.5, 0.6) is 0 Å². The maximum atomic E-state index is 3.69. The third-order valence-electron chi connectivity index (χ3n) is 2.74. The molecule has 1 aromatic carbocycles. The first-order valence-corrected chi connectivity index (χ1v) is 8.71. The molecule has 0 atom stereocenters. The summed E-state index contributed by atoms with van der Waals surface area (Å²) in [6.45, 7) is 4.37. The molecule has 0 aliphatic carbocycles. The highest BCUT2D eigenvalue weighted by atomic mass is 79.9. The summed E-state index contributed by atoms with van der Waals surface area (Å²) in [5.41, 5.74) is 6.85. The average Bonchev–Trinajstić information content (AvgIpc) is 2.19. The van der Waals surface area contributed by atoms with Gasteiger partial charge in [0.25, 0.3) is 0 Å². The summed E-state index contributed by atoms with van der Waals surface area (Å²) >= 11 is 14.4. The molecular weight excluding hydrogens is 452 g/mol. The largest absolute Gasteiger partial charge is 0.0876 e. The van der Waals surface area contributed by atoms with Gasteiger partial charge in [0.05, 0.1) is 0 Å². The number of hydrogen-bond donors (Lipinski definition) is 0. The molecule has 0 nitrogen and oxygen atoms in total. The van der Waals surface area contributed by atoms with Gasteiger partial charge in [0.2, 0.25) is 0 Å². The summed E-state index contributed by atoms with van der Waals surface area (Å²) in [6, 6.07) is 0. The van der Waals surface area contributed by atoms with Crippen LogP contribution in [-0.2, 0) is 16.0 Å². The summed E-state index contributed by atoms with van der Waals surface area (Å²) in [5.74, 6) is 0. The van der Waals surface area contributed by atoms with Crippen LogP contribution in [0.25, 0.3) is 0 Å². The van der Waals surface area contributed by atoms with E-state index in [9.17, 15) is 0 Å². The van der Waals surface area contributed by atoms with E-state index >= 15 is 0 Å². The van der Waals surface area contributed by atoms with Gasteiger partial charge in [-0.2, -0.15) is 0 Å². The standard InChI is InChI=1S/C11H12Br4/c1-6-8(3-12)7(2)10(5-14)11(15)9(6)4-13/h3-5H2,1-2H3. The Labute approximate surface area is 125 Å². The van der Waals surface area contributed by atoms with Crippen LogP contribution in [0.3, 0.4) is 0 Å². The Morgan fingerprint density at radius 2 is 1.07 bits per heavy atom. The lowest BCUT2D eigenvalue weighted by Crippen LogP contribution is -2.02. The Kier molecular flexibility index (Phi) is 5.85. The van der Waals surface area contributed by atoms with Crippen molar-refractivity contribution in [2.45, 2.75) is 29.8 Å². The lowest BCUT2D eigenvalue weighted by atomic mass is 9.95. The summed E-state index contributed by atoms with van der Waals surface area (Å²) in [6.07, 6.45) is 0. The average molecular weight is 464 g/mol. The highest BCUT2D eigenvalue weighted by Crippen LogP contribution is 2.35. The van der Waals surface area contributed by atoms with Gasteiger partial charge in [-0.05, 0) is 41.7 Å². The maximum Gasteiger partial charge on any atom is 0.0297 e. The number of rotatable bonds is 3. The molecule has 0 amide bonds. The molecule has 0 fully saturated rings. The second-order valence-corrected chi connectivity index (χ2v) is 5.88. The smallest absolute Gasteiger partial charge is 0.0297 e. The second-order valence-electron chi connectivity index (χ2n) is 3.40. The molecule has 0 aromatic heterocycles. The predicted octanol–water partition coefficient (Wildman–Crippen LogP) is 5.75. The van der Waals surface area contributed by atoms with Crippen molar-refractivity contribution in [1.29, 1.82) is 0 Å². The predicted molar refractivity (Wildman–Crippen MR) is 81.5 cm³/mol. The van der Waals surface area contributed by atoms with Crippen LogP contribution in [-0.4, -0.2) is 0 Å². The quantitative estimate of drug-likeness (QED) is 0.501. The number of benzene rings is 1. The van der Waals surface area contributed by atoms with Gasteiger partial charge in [0, 0.05) is 20.5 Å². The lowest BCUT2D eigenvalue weighted by molar-refractivity contribution is 1.13. The molecule has 4 heteroatoms. The van der Waals surface area contributed by atoms with Crippen LogP contribution in [0.1, 0.15) is 27.8 Å². The van der Waals surface area contributed by atoms with Crippen LogP contribution in [0.4, 0.5) is 0 Å². The molecular formula is C11H12Br4. The monoisotopic (exact) mass is 460 g/mol. The van der Waals surface area contributed by atoms with Crippen molar-refractivity contribution in [3.05, 3.63) is 32.3 Å². The summed E-state index contributed by atoms with van der Waals surface area (Å²) in [7, 11) is 0. The Balaban J connectivity index is 3.57. The zero-order chi connectivity index (χ0) is 11.6. The zero-order valence-corrected chi connectivity index (χ0v) is 15.0. The van der Waals surface area contributed by atoms with E-state index in [1.54, 1.807) is 0 Å². The van der Waals surface area contributed by atoms with Gasteiger partial charge in [-0.1, -0.05) is 63.7 Å². The summed E-state index contributed by atoms with van der Waals surface area (Å²) in [4.78, 5) is 0. The molecule has 0 saturated carbocycles. The fourth-order valence-corrected chi connectivity index (χ4v) is 5.55. The highest BCUT2D eigenvalue weighted by Gasteiger charge is 2.15. The van der Waals surface area contributed by atoms with Crippen molar-refractivity contribution in [2.24, 2.45) is 0 Å². The first-order valence-electron chi connectivity index (χ1n) is 4.55. The van der Waals surface area contributed by atoms with E-state index in [1.807, 2.05) is 0 Å². The van der Waals surface area contributed by atoms with E-state index in [2.05, 4.69) is 77.6 Å². The van der Waals surface area contributed by atoms with Crippen molar-refractivity contribution in [3.8, 4) is 0 Å². The van der Waals surface area contributed by atoms with E-state index in [4.69, 9.17) is 0 Å². The van der Waals surface area contributed by atoms with Gasteiger partial charge in [0.1, 0.15) is 0 Å². The molecule has 0 unspecified atom stereocenters. The number of hydrogen-bond acceptors (Lipinski definition) is 0. The number of alkyl halides is 3. The molecule has 0 spiro atoms. The molecule has 15 heavy (non-hydrogen) atoms. The molecule has 0 saturated heterocycles. The molecule has 1 aromatic rings. The highest BCUT2D eigenvalue weighted by molar-refractivity contribution is 9.11. The van der Waals surface area contributed by atoms with Gasteiger partial charge >= 0.3 is 0 Å². The minimum absolute atomic E-state index is 0.889. The van der Waals surface area contributed by atoms with Crippen molar-refractivity contribution < 1.29 is 0 Å². The van der Waals surface area contributed by atoms with E-state index in [1.165, 1.54) is 32.3 Å². The maximum absolute atomic E-state index is 3.69. The minimum Gasteiger partial charge on any atom is -0.0876 e. The zero-order valence-electron chi connectivity index (χ0n) is 8.63. The summed E-state index contributed by atoms with van der Waals surface area (Å²) in [5, 5.41) is 2.69. The van der Waals surface area contributed by atoms with E-state index < -0.39 is 0 Å². The normalized spacial score (nSPS) is 10.8. The molecule has 0 heterocycles. The fraction of sp³-hybridized carbons (Fsp3) is 0.455. The molecule has 0 radical (unpaired) electrons. The van der Waals surface area contributed by atoms with Crippen LogP contribution < -0.4 is 0 Å². The topological polar surface area (TPSA) is 0 Å². The van der Waals surface area contributed by atoms with E-state index in [-0.39, 0.29) is 0 Å². The summed E-state index contributed by atoms with van der Waals surface area (Å²) < 4.78 is 1.23. The Morgan fingerprint density at radius 1 is 0.733 bits per heavy atom. The number of halogens is 4. The van der Waals surface area contributed by atoms with Gasteiger partial charge in [-0.25, -0.2) is 0 Å². The fourth-order valence-electron chi connectivity index (χ4n) is 1.68. The van der Waals surface area contributed by atoms with Crippen molar-refractivity contribution in [3.63, 3.8) is 0 Å². The Hall–Kier alpha value is 1.14. The third kappa shape index (κ3) is 2.70. The molecule has 84 valence electrons. The Morgan fingerprint density at radius 3 is 1.33 bits per heavy atom. The van der Waals surface area contributed by atoms with E-state index in [0.717, 1.165) is 16.0 Å². The molecule has 0 N–H and O–H groups in total. The molecule has 0 aliphatic heterocycles. The van der Waals surface area contributed by atoms with Gasteiger partial charge in [-0.15, -0.1) is 0 Å². The first-order chi connectivity index (χ1) is 7.08. The van der Waals surface area contributed by atoms with Crippen LogP contribution >= 0.6 is 63.7 Å². The third-order valence-corrected chi connectivity index (χ3v) is 5.38. The van der Waals surface area contributed by atoms with Gasteiger partial charge in [-0.3, -0.25) is 0 Å². The van der Waals surface area contributed by atoms with Crippen molar-refractivity contribution in [2.75, 3.05) is 0 Å². The molecule has 1 rings (SSSR count). The van der Waals surface area contributed by atoms with Crippen LogP contribution in [0, 0.1) is 13.8 Å². The van der Waals surface area contributed by atoms with Crippen molar-refractivity contribution >= 4 is 63.7 Å². The minimum atomic E-state index is 0.889. The first kappa shape index (κ1) is 14.2. The Bertz CT molecular complexity index is 293. The van der Waals surface area contributed by atoms with Crippen molar-refractivity contribution in [1.82, 2.24) is 0 Å². The van der Waals surface area contributed by atoms with E-state index in [0.29, 0.717) is 0 Å². The molecule has 0 bridgehead atoms. The van der Waals surface area contributed by atoms with Gasteiger partial charge in [0.15, 0.2) is 0 Å². The van der Waals surface area contributed by atoms with Gasteiger partial charge < -0.3 is 0 Å². The van der Waals surface area contributed by atoms with Crippen LogP contribution in [0.2, 0.25) is 0 Å². The SMILES string of the molecule is Cc1c(CBr)c(C)c(CBr)c(Br)c1CBr.